The van der Waals surface area contributed by atoms with Gasteiger partial charge in [-0.3, -0.25) is 4.79 Å². The third-order valence-electron chi connectivity index (χ3n) is 4.04. The maximum absolute atomic E-state index is 11.7. The van der Waals surface area contributed by atoms with E-state index < -0.39 is 0 Å². The zero-order valence-electron chi connectivity index (χ0n) is 12.6. The first-order chi connectivity index (χ1) is 9.61. The smallest absolute Gasteiger partial charge is 0.234 e. The van der Waals surface area contributed by atoms with Crippen molar-refractivity contribution < 1.29 is 14.1 Å². The first-order valence-electron chi connectivity index (χ1n) is 7.49. The summed E-state index contributed by atoms with van der Waals surface area (Å²) in [5.41, 5.74) is 0. The molecule has 2 rings (SSSR count). The van der Waals surface area contributed by atoms with Gasteiger partial charge in [0.25, 0.3) is 0 Å². The Hall–Kier alpha value is -1.23. The van der Waals surface area contributed by atoms with E-state index in [-0.39, 0.29) is 24.2 Å². The van der Waals surface area contributed by atoms with Gasteiger partial charge in [-0.15, -0.1) is 0 Å². The molecule has 0 bridgehead atoms. The van der Waals surface area contributed by atoms with Crippen LogP contribution < -0.4 is 0 Å². The molecule has 112 valence electrons. The highest BCUT2D eigenvalue weighted by atomic mass is 16.5. The number of carbonyl (C=O) groups excluding carboxylic acids is 1. The SMILES string of the molecule is COC(c1noc(CC(=O)C(C)C)n1)C1CCCCC1. The summed E-state index contributed by atoms with van der Waals surface area (Å²) in [6.07, 6.45) is 6.17. The predicted molar refractivity (Wildman–Crippen MR) is 74.2 cm³/mol. The Labute approximate surface area is 120 Å². The molecule has 1 aromatic heterocycles. The van der Waals surface area contributed by atoms with Gasteiger partial charge < -0.3 is 9.26 Å². The zero-order chi connectivity index (χ0) is 14.5. The normalized spacial score (nSPS) is 18.4. The second-order valence-corrected chi connectivity index (χ2v) is 5.90. The number of Topliss-reactive ketones (excluding diaryl/α,β-unsaturated/α-hetero) is 1. The molecule has 0 saturated heterocycles. The quantitative estimate of drug-likeness (QED) is 0.801. The van der Waals surface area contributed by atoms with Crippen molar-refractivity contribution in [1.29, 1.82) is 0 Å². The van der Waals surface area contributed by atoms with Crippen LogP contribution in [0.4, 0.5) is 0 Å². The van der Waals surface area contributed by atoms with Crippen LogP contribution in [0.2, 0.25) is 0 Å². The highest BCUT2D eigenvalue weighted by Crippen LogP contribution is 2.35. The van der Waals surface area contributed by atoms with Crippen LogP contribution in [-0.2, 0) is 16.0 Å². The summed E-state index contributed by atoms with van der Waals surface area (Å²) in [4.78, 5) is 16.1. The largest absolute Gasteiger partial charge is 0.373 e. The van der Waals surface area contributed by atoms with Crippen LogP contribution in [0.5, 0.6) is 0 Å². The van der Waals surface area contributed by atoms with E-state index in [2.05, 4.69) is 10.1 Å². The van der Waals surface area contributed by atoms with Crippen LogP contribution in [0.25, 0.3) is 0 Å². The molecule has 1 heterocycles. The van der Waals surface area contributed by atoms with E-state index in [1.807, 2.05) is 13.8 Å². The molecule has 1 aliphatic carbocycles. The van der Waals surface area contributed by atoms with Crippen molar-refractivity contribution in [2.45, 2.75) is 58.5 Å². The number of methoxy groups -OCH3 is 1. The first-order valence-corrected chi connectivity index (χ1v) is 7.49. The molecule has 1 fully saturated rings. The molecular weight excluding hydrogens is 256 g/mol. The molecule has 5 nitrogen and oxygen atoms in total. The van der Waals surface area contributed by atoms with E-state index in [0.29, 0.717) is 17.6 Å². The summed E-state index contributed by atoms with van der Waals surface area (Å²) in [6, 6.07) is 0. The molecule has 0 aliphatic heterocycles. The third-order valence-corrected chi connectivity index (χ3v) is 4.04. The number of nitrogens with zero attached hydrogens (tertiary/aromatic N) is 2. The number of ether oxygens (including phenoxy) is 1. The lowest BCUT2D eigenvalue weighted by molar-refractivity contribution is -0.121. The van der Waals surface area contributed by atoms with E-state index in [4.69, 9.17) is 9.26 Å². The Bertz CT molecular complexity index is 436. The lowest BCUT2D eigenvalue weighted by Gasteiger charge is -2.26. The van der Waals surface area contributed by atoms with Gasteiger partial charge in [-0.1, -0.05) is 38.3 Å². The summed E-state index contributed by atoms with van der Waals surface area (Å²) in [7, 11) is 1.69. The lowest BCUT2D eigenvalue weighted by Crippen LogP contribution is -2.19. The van der Waals surface area contributed by atoms with Crippen LogP contribution in [0, 0.1) is 11.8 Å². The Morgan fingerprint density at radius 2 is 2.05 bits per heavy atom. The van der Waals surface area contributed by atoms with E-state index in [1.54, 1.807) is 7.11 Å². The summed E-state index contributed by atoms with van der Waals surface area (Å²) in [6.45, 7) is 3.75. The molecule has 0 amide bonds. The summed E-state index contributed by atoms with van der Waals surface area (Å²) in [5.74, 6) is 1.55. The van der Waals surface area contributed by atoms with Crippen molar-refractivity contribution in [3.63, 3.8) is 0 Å². The Morgan fingerprint density at radius 1 is 1.35 bits per heavy atom. The standard InChI is InChI=1S/C15H24N2O3/c1-10(2)12(18)9-13-16-15(17-20-13)14(19-3)11-7-5-4-6-8-11/h10-11,14H,4-9H2,1-3H3. The molecule has 20 heavy (non-hydrogen) atoms. The number of aromatic nitrogens is 2. The number of hydrogen-bond donors (Lipinski definition) is 0. The van der Waals surface area contributed by atoms with Crippen molar-refractivity contribution >= 4 is 5.78 Å². The molecule has 1 aromatic rings. The minimum absolute atomic E-state index is 0.0121. The molecule has 0 spiro atoms. The Balaban J connectivity index is 2.03. The average molecular weight is 280 g/mol. The fraction of sp³-hybridized carbons (Fsp3) is 0.800. The van der Waals surface area contributed by atoms with Crippen molar-refractivity contribution in [2.24, 2.45) is 11.8 Å². The van der Waals surface area contributed by atoms with Crippen molar-refractivity contribution in [3.05, 3.63) is 11.7 Å². The summed E-state index contributed by atoms with van der Waals surface area (Å²) < 4.78 is 10.8. The molecule has 1 atom stereocenters. The van der Waals surface area contributed by atoms with Gasteiger partial charge in [-0.25, -0.2) is 0 Å². The summed E-state index contributed by atoms with van der Waals surface area (Å²) >= 11 is 0. The van der Waals surface area contributed by atoms with E-state index in [9.17, 15) is 4.79 Å². The summed E-state index contributed by atoms with van der Waals surface area (Å²) in [5, 5.41) is 4.01. The number of rotatable bonds is 6. The van der Waals surface area contributed by atoms with Gasteiger partial charge in [-0.2, -0.15) is 4.98 Å². The van der Waals surface area contributed by atoms with Crippen LogP contribution >= 0.6 is 0 Å². The van der Waals surface area contributed by atoms with Crippen molar-refractivity contribution in [2.75, 3.05) is 7.11 Å². The maximum atomic E-state index is 11.7. The van der Waals surface area contributed by atoms with Crippen molar-refractivity contribution in [1.82, 2.24) is 10.1 Å². The third kappa shape index (κ3) is 3.66. The number of ketones is 1. The van der Waals surface area contributed by atoms with E-state index in [1.165, 1.54) is 19.3 Å². The van der Waals surface area contributed by atoms with Gasteiger partial charge in [0.1, 0.15) is 11.9 Å². The number of hydrogen-bond acceptors (Lipinski definition) is 5. The van der Waals surface area contributed by atoms with E-state index >= 15 is 0 Å². The molecule has 5 heteroatoms. The van der Waals surface area contributed by atoms with Crippen LogP contribution in [0.15, 0.2) is 4.52 Å². The molecule has 1 aliphatic rings. The number of carbonyl (C=O) groups is 1. The predicted octanol–water partition coefficient (Wildman–Crippen LogP) is 3.11. The van der Waals surface area contributed by atoms with Crippen LogP contribution in [-0.4, -0.2) is 23.0 Å². The van der Waals surface area contributed by atoms with Gasteiger partial charge in [0.05, 0.1) is 6.42 Å². The molecule has 1 saturated carbocycles. The van der Waals surface area contributed by atoms with Crippen LogP contribution in [0.1, 0.15) is 63.8 Å². The molecular formula is C15H24N2O3. The van der Waals surface area contributed by atoms with Gasteiger partial charge in [-0.05, 0) is 18.8 Å². The fourth-order valence-corrected chi connectivity index (χ4v) is 2.75. The Kier molecular flexibility index (Phi) is 5.29. The molecule has 0 N–H and O–H groups in total. The minimum Gasteiger partial charge on any atom is -0.373 e. The molecule has 0 radical (unpaired) electrons. The lowest BCUT2D eigenvalue weighted by atomic mass is 9.85. The average Bonchev–Trinajstić information content (AvgIpc) is 2.89. The fourth-order valence-electron chi connectivity index (χ4n) is 2.75. The molecule has 1 unspecified atom stereocenters. The highest BCUT2D eigenvalue weighted by Gasteiger charge is 2.29. The maximum Gasteiger partial charge on any atom is 0.234 e. The topological polar surface area (TPSA) is 65.2 Å². The minimum atomic E-state index is -0.109. The zero-order valence-corrected chi connectivity index (χ0v) is 12.6. The van der Waals surface area contributed by atoms with Gasteiger partial charge in [0.2, 0.25) is 11.7 Å². The van der Waals surface area contributed by atoms with Gasteiger partial charge in [0, 0.05) is 13.0 Å². The van der Waals surface area contributed by atoms with Gasteiger partial charge in [0.15, 0.2) is 0 Å². The second kappa shape index (κ2) is 6.97. The van der Waals surface area contributed by atoms with Gasteiger partial charge >= 0.3 is 0 Å². The molecule has 0 aromatic carbocycles. The Morgan fingerprint density at radius 3 is 2.65 bits per heavy atom. The second-order valence-electron chi connectivity index (χ2n) is 5.90. The van der Waals surface area contributed by atoms with Crippen LogP contribution in [0.3, 0.4) is 0 Å². The van der Waals surface area contributed by atoms with E-state index in [0.717, 1.165) is 12.8 Å². The van der Waals surface area contributed by atoms with Crippen molar-refractivity contribution in [3.8, 4) is 0 Å². The first kappa shape index (κ1) is 15.2. The highest BCUT2D eigenvalue weighted by molar-refractivity contribution is 5.81. The monoisotopic (exact) mass is 280 g/mol.